The molecule has 0 radical (unpaired) electrons. The van der Waals surface area contributed by atoms with Gasteiger partial charge in [-0.2, -0.15) is 0 Å². The van der Waals surface area contributed by atoms with Crippen molar-refractivity contribution in [1.82, 2.24) is 4.90 Å². The minimum absolute atomic E-state index is 0.230. The Balaban J connectivity index is 2.42. The van der Waals surface area contributed by atoms with Crippen molar-refractivity contribution in [2.24, 2.45) is 0 Å². The first kappa shape index (κ1) is 14.3. The van der Waals surface area contributed by atoms with Gasteiger partial charge in [-0.15, -0.1) is 13.2 Å². The largest absolute Gasteiger partial charge is 0.285 e. The minimum Gasteiger partial charge on any atom is -0.285 e. The summed E-state index contributed by atoms with van der Waals surface area (Å²) in [6.45, 7) is 9.42. The van der Waals surface area contributed by atoms with E-state index in [0.29, 0.717) is 0 Å². The highest BCUT2D eigenvalue weighted by Gasteiger charge is 2.20. The number of hydrogen-bond acceptors (Lipinski definition) is 1. The molecule has 102 valence electrons. The predicted molar refractivity (Wildman–Crippen MR) is 86.7 cm³/mol. The summed E-state index contributed by atoms with van der Waals surface area (Å²) < 4.78 is 0. The molecule has 0 saturated carbocycles. The molecule has 0 saturated heterocycles. The molecule has 1 nitrogen and oxygen atoms in total. The Morgan fingerprint density at radius 1 is 0.750 bits per heavy atom. The second-order valence-electron chi connectivity index (χ2n) is 4.76. The molecule has 0 aliphatic rings. The van der Waals surface area contributed by atoms with Crippen molar-refractivity contribution >= 4 is 0 Å². The quantitative estimate of drug-likeness (QED) is 0.667. The van der Waals surface area contributed by atoms with Gasteiger partial charge >= 0.3 is 0 Å². The summed E-state index contributed by atoms with van der Waals surface area (Å²) in [5.74, 6) is 0. The van der Waals surface area contributed by atoms with Gasteiger partial charge in [-0.3, -0.25) is 4.90 Å². The first-order chi connectivity index (χ1) is 9.86. The lowest BCUT2D eigenvalue weighted by Crippen LogP contribution is -2.30. The summed E-state index contributed by atoms with van der Waals surface area (Å²) in [5, 5.41) is 0. The van der Waals surface area contributed by atoms with Crippen LogP contribution in [0.3, 0.4) is 0 Å². The molecule has 0 fully saturated rings. The number of benzene rings is 2. The molecule has 2 aromatic rings. The third-order valence-electron chi connectivity index (χ3n) is 3.32. The first-order valence-corrected chi connectivity index (χ1v) is 6.92. The lowest BCUT2D eigenvalue weighted by atomic mass is 9.97. The highest BCUT2D eigenvalue weighted by Crippen LogP contribution is 2.28. The Morgan fingerprint density at radius 3 is 1.50 bits per heavy atom. The molecule has 0 heterocycles. The van der Waals surface area contributed by atoms with Crippen LogP contribution in [0.5, 0.6) is 0 Å². The molecule has 0 amide bonds. The van der Waals surface area contributed by atoms with Gasteiger partial charge in [0.1, 0.15) is 0 Å². The molecule has 2 rings (SSSR count). The monoisotopic (exact) mass is 263 g/mol. The van der Waals surface area contributed by atoms with Crippen LogP contribution in [0.1, 0.15) is 17.2 Å². The van der Waals surface area contributed by atoms with Gasteiger partial charge in [-0.05, 0) is 11.1 Å². The fourth-order valence-corrected chi connectivity index (χ4v) is 2.50. The van der Waals surface area contributed by atoms with E-state index in [1.165, 1.54) is 11.1 Å². The fourth-order valence-electron chi connectivity index (χ4n) is 2.50. The molecule has 0 N–H and O–H groups in total. The van der Waals surface area contributed by atoms with Gasteiger partial charge in [-0.25, -0.2) is 0 Å². The maximum atomic E-state index is 3.88. The topological polar surface area (TPSA) is 3.24 Å². The van der Waals surface area contributed by atoms with Crippen LogP contribution < -0.4 is 0 Å². The van der Waals surface area contributed by atoms with Crippen molar-refractivity contribution in [2.45, 2.75) is 6.04 Å². The summed E-state index contributed by atoms with van der Waals surface area (Å²) in [6, 6.07) is 21.4. The van der Waals surface area contributed by atoms with E-state index in [-0.39, 0.29) is 6.04 Å². The second kappa shape index (κ2) is 7.46. The van der Waals surface area contributed by atoms with E-state index in [1.807, 2.05) is 12.2 Å². The van der Waals surface area contributed by atoms with Gasteiger partial charge in [0, 0.05) is 13.1 Å². The molecule has 0 aliphatic heterocycles. The van der Waals surface area contributed by atoms with Crippen LogP contribution in [0.2, 0.25) is 0 Å². The zero-order valence-electron chi connectivity index (χ0n) is 11.8. The molecule has 0 bridgehead atoms. The first-order valence-electron chi connectivity index (χ1n) is 6.92. The van der Waals surface area contributed by atoms with Crippen LogP contribution >= 0.6 is 0 Å². The summed E-state index contributed by atoms with van der Waals surface area (Å²) in [4.78, 5) is 2.37. The van der Waals surface area contributed by atoms with E-state index in [0.717, 1.165) is 13.1 Å². The van der Waals surface area contributed by atoms with E-state index in [1.54, 1.807) is 0 Å². The SMILES string of the molecule is C=CCN(CC=C)C(c1ccccc1)c1ccccc1. The Hall–Kier alpha value is -2.12. The smallest absolute Gasteiger partial charge is 0.0607 e. The van der Waals surface area contributed by atoms with E-state index >= 15 is 0 Å². The summed E-state index contributed by atoms with van der Waals surface area (Å²) in [7, 11) is 0. The molecule has 2 aromatic carbocycles. The third kappa shape index (κ3) is 3.46. The Morgan fingerprint density at radius 2 is 1.15 bits per heavy atom. The van der Waals surface area contributed by atoms with Crippen LogP contribution in [0.4, 0.5) is 0 Å². The number of hydrogen-bond donors (Lipinski definition) is 0. The molecule has 0 unspecified atom stereocenters. The fraction of sp³-hybridized carbons (Fsp3) is 0.158. The van der Waals surface area contributed by atoms with E-state index in [2.05, 4.69) is 78.7 Å². The van der Waals surface area contributed by atoms with Crippen LogP contribution in [0.25, 0.3) is 0 Å². The highest BCUT2D eigenvalue weighted by atomic mass is 15.1. The van der Waals surface area contributed by atoms with Crippen LogP contribution in [-0.4, -0.2) is 18.0 Å². The van der Waals surface area contributed by atoms with Crippen molar-refractivity contribution in [3.05, 3.63) is 97.1 Å². The summed E-state index contributed by atoms with van der Waals surface area (Å²) >= 11 is 0. The van der Waals surface area contributed by atoms with Gasteiger partial charge in [0.2, 0.25) is 0 Å². The van der Waals surface area contributed by atoms with Gasteiger partial charge in [0.05, 0.1) is 6.04 Å². The van der Waals surface area contributed by atoms with Crippen molar-refractivity contribution in [3.63, 3.8) is 0 Å². The molecule has 20 heavy (non-hydrogen) atoms. The molecular weight excluding hydrogens is 242 g/mol. The van der Waals surface area contributed by atoms with Crippen LogP contribution in [0, 0.1) is 0 Å². The van der Waals surface area contributed by atoms with Crippen molar-refractivity contribution in [1.29, 1.82) is 0 Å². The summed E-state index contributed by atoms with van der Waals surface area (Å²) in [5.41, 5.74) is 2.59. The van der Waals surface area contributed by atoms with Gasteiger partial charge in [0.15, 0.2) is 0 Å². The average Bonchev–Trinajstić information content (AvgIpc) is 2.50. The molecule has 1 heteroatoms. The van der Waals surface area contributed by atoms with Gasteiger partial charge in [0.25, 0.3) is 0 Å². The lowest BCUT2D eigenvalue weighted by molar-refractivity contribution is 0.278. The zero-order valence-corrected chi connectivity index (χ0v) is 11.8. The highest BCUT2D eigenvalue weighted by molar-refractivity contribution is 5.32. The molecule has 0 aromatic heterocycles. The van der Waals surface area contributed by atoms with E-state index in [9.17, 15) is 0 Å². The van der Waals surface area contributed by atoms with Crippen molar-refractivity contribution in [3.8, 4) is 0 Å². The van der Waals surface area contributed by atoms with Gasteiger partial charge < -0.3 is 0 Å². The Labute approximate surface area is 121 Å². The minimum atomic E-state index is 0.230. The van der Waals surface area contributed by atoms with E-state index < -0.39 is 0 Å². The maximum Gasteiger partial charge on any atom is 0.0607 e. The zero-order chi connectivity index (χ0) is 14.2. The second-order valence-corrected chi connectivity index (χ2v) is 4.76. The Bertz CT molecular complexity index is 481. The lowest BCUT2D eigenvalue weighted by Gasteiger charge is -2.30. The number of nitrogens with zero attached hydrogens (tertiary/aromatic N) is 1. The standard InChI is InChI=1S/C19H21N/c1-3-15-20(16-4-2)19(17-11-7-5-8-12-17)18-13-9-6-10-14-18/h3-14,19H,1-2,15-16H2. The Kier molecular flexibility index (Phi) is 5.33. The number of rotatable bonds is 7. The predicted octanol–water partition coefficient (Wildman–Crippen LogP) is 4.45. The molecule has 0 atom stereocenters. The molecule has 0 aliphatic carbocycles. The van der Waals surface area contributed by atoms with Crippen LogP contribution in [0.15, 0.2) is 86.0 Å². The molecule has 0 spiro atoms. The molecular formula is C19H21N. The van der Waals surface area contributed by atoms with Crippen LogP contribution in [-0.2, 0) is 0 Å². The maximum absolute atomic E-state index is 3.88. The van der Waals surface area contributed by atoms with Crippen molar-refractivity contribution in [2.75, 3.05) is 13.1 Å². The van der Waals surface area contributed by atoms with E-state index in [4.69, 9.17) is 0 Å². The summed E-state index contributed by atoms with van der Waals surface area (Å²) in [6.07, 6.45) is 3.89. The average molecular weight is 263 g/mol. The van der Waals surface area contributed by atoms with Gasteiger partial charge in [-0.1, -0.05) is 72.8 Å². The normalized spacial score (nSPS) is 10.7. The van der Waals surface area contributed by atoms with Crippen molar-refractivity contribution < 1.29 is 0 Å². The third-order valence-corrected chi connectivity index (χ3v) is 3.32.